The average molecular weight is 610 g/mol. The van der Waals surface area contributed by atoms with Crippen LogP contribution in [0.5, 0.6) is 0 Å². The van der Waals surface area contributed by atoms with E-state index >= 15 is 0 Å². The molecular weight excluding hydrogens is 571 g/mol. The first-order valence-electron chi connectivity index (χ1n) is 14.3. The van der Waals surface area contributed by atoms with Gasteiger partial charge >= 0.3 is 12.3 Å². The topological polar surface area (TPSA) is 119 Å². The second-order valence-corrected chi connectivity index (χ2v) is 13.4. The number of nitrogens with one attached hydrogen (secondary N) is 1. The fourth-order valence-corrected chi connectivity index (χ4v) is 7.00. The lowest BCUT2D eigenvalue weighted by molar-refractivity contribution is -0.184. The molecule has 2 aliphatic rings. The van der Waals surface area contributed by atoms with Gasteiger partial charge in [0.1, 0.15) is 6.61 Å². The Morgan fingerprint density at radius 3 is 2.31 bits per heavy atom. The first kappa shape index (κ1) is 31.8. The van der Waals surface area contributed by atoms with Gasteiger partial charge in [0.2, 0.25) is 0 Å². The highest BCUT2D eigenvalue weighted by atomic mass is 32.2. The first-order valence-corrected chi connectivity index (χ1v) is 16.0. The summed E-state index contributed by atoms with van der Waals surface area (Å²) in [4.78, 5) is 27.1. The Kier molecular flexibility index (Phi) is 9.87. The predicted octanol–water partition coefficient (Wildman–Crippen LogP) is 5.68. The van der Waals surface area contributed by atoms with Gasteiger partial charge in [0.05, 0.1) is 22.6 Å². The number of nitrogens with two attached hydrogens (primary N) is 1. The summed E-state index contributed by atoms with van der Waals surface area (Å²) in [5.74, 6) is -1.45. The van der Waals surface area contributed by atoms with Crippen molar-refractivity contribution in [2.75, 3.05) is 18.9 Å². The molecule has 0 radical (unpaired) electrons. The van der Waals surface area contributed by atoms with E-state index in [0.29, 0.717) is 30.5 Å². The number of halogens is 3. The van der Waals surface area contributed by atoms with Gasteiger partial charge in [-0.05, 0) is 79.0 Å². The highest BCUT2D eigenvalue weighted by Crippen LogP contribution is 2.42. The van der Waals surface area contributed by atoms with Gasteiger partial charge in [-0.3, -0.25) is 9.69 Å². The second-order valence-electron chi connectivity index (χ2n) is 11.2. The molecule has 1 aliphatic heterocycles. The van der Waals surface area contributed by atoms with Crippen LogP contribution in [0.2, 0.25) is 0 Å². The summed E-state index contributed by atoms with van der Waals surface area (Å²) in [5, 5.41) is 2.86. The molecule has 1 aliphatic carbocycles. The number of nitrogens with zero attached hydrogens (tertiary/aromatic N) is 1. The van der Waals surface area contributed by atoms with Crippen LogP contribution in [0.4, 0.5) is 18.0 Å². The molecule has 0 spiro atoms. The quantitative estimate of drug-likeness (QED) is 0.358. The Hall–Kier alpha value is -3.12. The largest absolute Gasteiger partial charge is 0.447 e. The summed E-state index contributed by atoms with van der Waals surface area (Å²) < 4.78 is 68.6. The van der Waals surface area contributed by atoms with E-state index in [0.717, 1.165) is 24.1 Å². The summed E-state index contributed by atoms with van der Waals surface area (Å²) in [6, 6.07) is 10.9. The number of sulfone groups is 1. The molecule has 1 fully saturated rings. The van der Waals surface area contributed by atoms with Gasteiger partial charge in [-0.2, -0.15) is 13.2 Å². The van der Waals surface area contributed by atoms with Crippen LogP contribution in [0.3, 0.4) is 0 Å². The monoisotopic (exact) mass is 609 g/mol. The van der Waals surface area contributed by atoms with E-state index in [1.807, 2.05) is 12.1 Å². The van der Waals surface area contributed by atoms with Gasteiger partial charge in [-0.25, -0.2) is 13.2 Å². The summed E-state index contributed by atoms with van der Waals surface area (Å²) in [5.41, 5.74) is 8.20. The molecule has 2 aromatic carbocycles. The minimum atomic E-state index is -4.12. The Morgan fingerprint density at radius 2 is 1.74 bits per heavy atom. The average Bonchev–Trinajstić information content (AvgIpc) is 3.30. The Bertz CT molecular complexity index is 1370. The molecule has 0 saturated heterocycles. The number of carbonyl (C=O) groups excluding carboxylic acids is 2. The van der Waals surface area contributed by atoms with Gasteiger partial charge in [0.15, 0.2) is 9.84 Å². The van der Waals surface area contributed by atoms with E-state index < -0.39 is 40.0 Å². The maximum absolute atomic E-state index is 13.3. The highest BCUT2D eigenvalue weighted by Gasteiger charge is 2.42. The molecule has 0 aromatic heterocycles. The highest BCUT2D eigenvalue weighted by molar-refractivity contribution is 7.91. The maximum Gasteiger partial charge on any atom is 0.404 e. The van der Waals surface area contributed by atoms with E-state index in [1.165, 1.54) is 12.1 Å². The molecule has 2 atom stereocenters. The van der Waals surface area contributed by atoms with Crippen molar-refractivity contribution in [1.82, 2.24) is 10.2 Å². The summed E-state index contributed by atoms with van der Waals surface area (Å²) in [6.07, 6.45) is -2.83. The zero-order valence-corrected chi connectivity index (χ0v) is 24.6. The number of rotatable bonds is 10. The molecule has 4 rings (SSSR count). The number of fused-ring (bicyclic) bond motifs is 1. The molecule has 12 heteroatoms. The molecule has 0 bridgehead atoms. The minimum Gasteiger partial charge on any atom is -0.447 e. The first-order chi connectivity index (χ1) is 19.8. The molecule has 230 valence electrons. The van der Waals surface area contributed by atoms with Crippen molar-refractivity contribution < 1.29 is 35.9 Å². The van der Waals surface area contributed by atoms with Crippen LogP contribution in [0, 0.1) is 11.8 Å². The smallest absolute Gasteiger partial charge is 0.404 e. The zero-order chi connectivity index (χ0) is 30.7. The summed E-state index contributed by atoms with van der Waals surface area (Å²) in [7, 11) is -3.41. The molecule has 1 heterocycles. The number of ether oxygens (including phenoxy) is 1. The van der Waals surface area contributed by atoms with E-state index in [4.69, 9.17) is 10.5 Å². The Balaban J connectivity index is 1.45. The molecule has 42 heavy (non-hydrogen) atoms. The van der Waals surface area contributed by atoms with Crippen LogP contribution in [-0.4, -0.2) is 50.4 Å². The number of amides is 2. The van der Waals surface area contributed by atoms with Gasteiger partial charge in [0, 0.05) is 24.7 Å². The van der Waals surface area contributed by atoms with Gasteiger partial charge < -0.3 is 15.8 Å². The van der Waals surface area contributed by atoms with Crippen molar-refractivity contribution in [1.29, 1.82) is 0 Å². The van der Waals surface area contributed by atoms with Crippen molar-refractivity contribution in [3.8, 4) is 0 Å². The minimum absolute atomic E-state index is 0.0505. The molecule has 2 amide bonds. The van der Waals surface area contributed by atoms with E-state index in [2.05, 4.69) is 17.1 Å². The van der Waals surface area contributed by atoms with Crippen molar-refractivity contribution in [2.24, 2.45) is 17.6 Å². The van der Waals surface area contributed by atoms with Crippen molar-refractivity contribution in [3.05, 3.63) is 64.7 Å². The van der Waals surface area contributed by atoms with Crippen LogP contribution < -0.4 is 11.1 Å². The Morgan fingerprint density at radius 1 is 1.07 bits per heavy atom. The van der Waals surface area contributed by atoms with E-state index in [-0.39, 0.29) is 42.1 Å². The summed E-state index contributed by atoms with van der Waals surface area (Å²) >= 11 is 0. The van der Waals surface area contributed by atoms with Crippen molar-refractivity contribution >= 4 is 21.8 Å². The lowest BCUT2D eigenvalue weighted by Crippen LogP contribution is -2.33. The molecule has 2 aromatic rings. The number of hydrogen-bond donors (Lipinski definition) is 2. The lowest BCUT2D eigenvalue weighted by Gasteiger charge is -2.34. The molecule has 1 unspecified atom stereocenters. The normalized spacial score (nSPS) is 21.9. The third-order valence-corrected chi connectivity index (χ3v) is 10.2. The van der Waals surface area contributed by atoms with Gasteiger partial charge in [-0.1, -0.05) is 32.0 Å². The van der Waals surface area contributed by atoms with Crippen LogP contribution in [0.15, 0.2) is 47.4 Å². The van der Waals surface area contributed by atoms with Crippen LogP contribution >= 0.6 is 0 Å². The van der Waals surface area contributed by atoms with Crippen LogP contribution in [-0.2, 0) is 21.1 Å². The maximum atomic E-state index is 13.3. The second kappa shape index (κ2) is 13.0. The molecule has 1 saturated carbocycles. The van der Waals surface area contributed by atoms with E-state index in [1.54, 1.807) is 25.1 Å². The number of alkyl halides is 3. The Labute approximate surface area is 244 Å². The SMILES string of the molecule is CC[C@@H]1c2ccc(C(=O)NC(COC(N)=O)c3ccc(S(=O)(=O)CC)cc3)cc2CN1CC1CCC(C(F)(F)F)CC1. The van der Waals surface area contributed by atoms with Gasteiger partial charge in [-0.15, -0.1) is 0 Å². The number of benzene rings is 2. The van der Waals surface area contributed by atoms with Crippen molar-refractivity contribution in [2.45, 2.75) is 75.7 Å². The number of carbonyl (C=O) groups is 2. The zero-order valence-electron chi connectivity index (χ0n) is 23.8. The predicted molar refractivity (Wildman–Crippen MR) is 151 cm³/mol. The summed E-state index contributed by atoms with van der Waals surface area (Å²) in [6.45, 7) is 4.71. The van der Waals surface area contributed by atoms with Crippen molar-refractivity contribution in [3.63, 3.8) is 0 Å². The van der Waals surface area contributed by atoms with Crippen LogP contribution in [0.1, 0.15) is 85.1 Å². The van der Waals surface area contributed by atoms with Gasteiger partial charge in [0.25, 0.3) is 5.91 Å². The molecule has 8 nitrogen and oxygen atoms in total. The third kappa shape index (κ3) is 7.44. The molecular formula is C30H38F3N3O5S. The number of hydrogen-bond acceptors (Lipinski definition) is 6. The van der Waals surface area contributed by atoms with Crippen LogP contribution in [0.25, 0.3) is 0 Å². The van der Waals surface area contributed by atoms with E-state index in [9.17, 15) is 31.2 Å². The fourth-order valence-electron chi connectivity index (χ4n) is 6.11. The lowest BCUT2D eigenvalue weighted by atomic mass is 9.81. The molecule has 3 N–H and O–H groups in total. The third-order valence-electron chi connectivity index (χ3n) is 8.49. The standard InChI is InChI=1S/C30H38F3N3O5S/c1-3-27-25-14-9-21(15-22(25)17-36(27)16-19-5-10-23(11-6-19)30(31,32)33)28(37)35-26(18-41-29(34)38)20-7-12-24(13-8-20)42(39,40)4-2/h7-9,12-15,19,23,26-27H,3-6,10-11,16-18H2,1-2H3,(H2,34,38)(H,35,37)/t19?,23?,26?,27-/m1/s1. The fraction of sp³-hybridized carbons (Fsp3) is 0.533. The number of primary amides is 1.